The van der Waals surface area contributed by atoms with E-state index in [2.05, 4.69) is 15.8 Å². The maximum absolute atomic E-state index is 11.7. The van der Waals surface area contributed by atoms with Crippen LogP contribution in [-0.4, -0.2) is 38.8 Å². The number of hydrazone groups is 1. The highest BCUT2D eigenvalue weighted by Crippen LogP contribution is 2.22. The second kappa shape index (κ2) is 8.68. The van der Waals surface area contributed by atoms with Gasteiger partial charge < -0.3 is 14.8 Å². The predicted octanol–water partition coefficient (Wildman–Crippen LogP) is 1.65. The van der Waals surface area contributed by atoms with Crippen molar-refractivity contribution < 1.29 is 19.1 Å². The van der Waals surface area contributed by atoms with Gasteiger partial charge in [-0.05, 0) is 23.6 Å². The number of methoxy groups -OCH3 is 2. The van der Waals surface area contributed by atoms with Gasteiger partial charge in [0.2, 0.25) is 0 Å². The predicted molar refractivity (Wildman–Crippen MR) is 91.9 cm³/mol. The standard InChI is InChI=1S/C16H17N3O4S/c1-22-12-6-5-11(13(8-12)23-2)9-18-19-15(20)10-17-16(21)14-4-3-7-24-14/h3-9H,10H2,1-2H3,(H,17,21)(H,19,20)/b18-9+. The zero-order valence-corrected chi connectivity index (χ0v) is 14.1. The van der Waals surface area contributed by atoms with Crippen molar-refractivity contribution in [3.8, 4) is 11.5 Å². The molecular weight excluding hydrogens is 330 g/mol. The smallest absolute Gasteiger partial charge is 0.261 e. The van der Waals surface area contributed by atoms with Crippen LogP contribution in [0.2, 0.25) is 0 Å². The molecule has 0 spiro atoms. The highest BCUT2D eigenvalue weighted by Gasteiger charge is 2.08. The van der Waals surface area contributed by atoms with E-state index in [4.69, 9.17) is 9.47 Å². The number of rotatable bonds is 7. The van der Waals surface area contributed by atoms with E-state index < -0.39 is 5.91 Å². The fourth-order valence-electron chi connectivity index (χ4n) is 1.79. The van der Waals surface area contributed by atoms with Gasteiger partial charge in [-0.15, -0.1) is 11.3 Å². The molecule has 0 saturated carbocycles. The van der Waals surface area contributed by atoms with Gasteiger partial charge in [0.1, 0.15) is 11.5 Å². The second-order valence-corrected chi connectivity index (χ2v) is 5.51. The van der Waals surface area contributed by atoms with Crippen LogP contribution >= 0.6 is 11.3 Å². The van der Waals surface area contributed by atoms with E-state index in [9.17, 15) is 9.59 Å². The minimum absolute atomic E-state index is 0.159. The van der Waals surface area contributed by atoms with E-state index in [1.54, 1.807) is 42.8 Å². The molecule has 0 fully saturated rings. The lowest BCUT2D eigenvalue weighted by Gasteiger charge is -2.07. The molecule has 0 aliphatic heterocycles. The second-order valence-electron chi connectivity index (χ2n) is 4.56. The van der Waals surface area contributed by atoms with Crippen LogP contribution in [0.4, 0.5) is 0 Å². The molecule has 7 nitrogen and oxygen atoms in total. The molecule has 0 unspecified atom stereocenters. The van der Waals surface area contributed by atoms with Crippen molar-refractivity contribution in [2.75, 3.05) is 20.8 Å². The van der Waals surface area contributed by atoms with Crippen LogP contribution in [-0.2, 0) is 4.79 Å². The summed E-state index contributed by atoms with van der Waals surface area (Å²) in [6.45, 7) is -0.159. The highest BCUT2D eigenvalue weighted by atomic mass is 32.1. The van der Waals surface area contributed by atoms with Gasteiger partial charge in [-0.1, -0.05) is 6.07 Å². The third kappa shape index (κ3) is 4.82. The Morgan fingerprint density at radius 3 is 2.75 bits per heavy atom. The number of nitrogens with zero attached hydrogens (tertiary/aromatic N) is 1. The van der Waals surface area contributed by atoms with Crippen molar-refractivity contribution >= 4 is 29.4 Å². The van der Waals surface area contributed by atoms with Crippen LogP contribution < -0.4 is 20.2 Å². The summed E-state index contributed by atoms with van der Waals surface area (Å²) >= 11 is 1.31. The van der Waals surface area contributed by atoms with E-state index in [0.29, 0.717) is 21.9 Å². The van der Waals surface area contributed by atoms with E-state index in [1.165, 1.54) is 24.7 Å². The molecule has 1 aromatic heterocycles. The summed E-state index contributed by atoms with van der Waals surface area (Å²) < 4.78 is 10.3. The Morgan fingerprint density at radius 2 is 2.08 bits per heavy atom. The molecule has 0 aliphatic carbocycles. The first kappa shape index (κ1) is 17.5. The van der Waals surface area contributed by atoms with E-state index in [0.717, 1.165) is 0 Å². The van der Waals surface area contributed by atoms with Crippen LogP contribution in [0.25, 0.3) is 0 Å². The van der Waals surface area contributed by atoms with E-state index >= 15 is 0 Å². The van der Waals surface area contributed by atoms with Gasteiger partial charge in [-0.2, -0.15) is 5.10 Å². The normalized spacial score (nSPS) is 10.4. The van der Waals surface area contributed by atoms with E-state index in [-0.39, 0.29) is 12.5 Å². The topological polar surface area (TPSA) is 89.0 Å². The first-order valence-electron chi connectivity index (χ1n) is 6.99. The van der Waals surface area contributed by atoms with Crippen LogP contribution in [0.5, 0.6) is 11.5 Å². The first-order chi connectivity index (χ1) is 11.6. The number of ether oxygens (including phenoxy) is 2. The molecule has 8 heteroatoms. The van der Waals surface area contributed by atoms with Crippen molar-refractivity contribution in [1.82, 2.24) is 10.7 Å². The summed E-state index contributed by atoms with van der Waals surface area (Å²) in [5.41, 5.74) is 3.03. The average molecular weight is 347 g/mol. The Balaban J connectivity index is 1.85. The number of amides is 2. The molecule has 1 heterocycles. The molecule has 126 valence electrons. The number of thiophene rings is 1. The van der Waals surface area contributed by atoms with Crippen molar-refractivity contribution in [3.63, 3.8) is 0 Å². The summed E-state index contributed by atoms with van der Waals surface area (Å²) in [4.78, 5) is 23.9. The average Bonchev–Trinajstić information content (AvgIpc) is 3.14. The molecular formula is C16H17N3O4S. The van der Waals surface area contributed by atoms with Gasteiger partial charge in [0.15, 0.2) is 0 Å². The van der Waals surface area contributed by atoms with Crippen molar-refractivity contribution in [1.29, 1.82) is 0 Å². The quantitative estimate of drug-likeness (QED) is 0.589. The van der Waals surface area contributed by atoms with E-state index in [1.807, 2.05) is 0 Å². The molecule has 0 saturated heterocycles. The number of hydrogen-bond acceptors (Lipinski definition) is 6. The minimum atomic E-state index is -0.427. The van der Waals surface area contributed by atoms with Gasteiger partial charge in [0, 0.05) is 11.6 Å². The Labute approximate surface area is 143 Å². The lowest BCUT2D eigenvalue weighted by Crippen LogP contribution is -2.34. The van der Waals surface area contributed by atoms with Crippen LogP contribution in [0.1, 0.15) is 15.2 Å². The molecule has 0 atom stereocenters. The molecule has 1 aromatic carbocycles. The van der Waals surface area contributed by atoms with Crippen molar-refractivity contribution in [3.05, 3.63) is 46.2 Å². The van der Waals surface area contributed by atoms with Crippen LogP contribution in [0, 0.1) is 0 Å². The summed E-state index contributed by atoms with van der Waals surface area (Å²) in [7, 11) is 3.10. The largest absolute Gasteiger partial charge is 0.497 e. The number of hydrogen-bond donors (Lipinski definition) is 2. The maximum atomic E-state index is 11.7. The number of nitrogens with one attached hydrogen (secondary N) is 2. The third-order valence-corrected chi connectivity index (χ3v) is 3.86. The molecule has 0 aliphatic rings. The molecule has 0 bridgehead atoms. The van der Waals surface area contributed by atoms with Gasteiger partial charge >= 0.3 is 0 Å². The fourth-order valence-corrected chi connectivity index (χ4v) is 2.43. The first-order valence-corrected chi connectivity index (χ1v) is 7.87. The zero-order valence-electron chi connectivity index (χ0n) is 13.2. The molecule has 2 aromatic rings. The Hall–Kier alpha value is -2.87. The van der Waals surface area contributed by atoms with Gasteiger partial charge in [-0.3, -0.25) is 9.59 Å². The summed E-state index contributed by atoms with van der Waals surface area (Å²) in [5.74, 6) is 0.507. The lowest BCUT2D eigenvalue weighted by molar-refractivity contribution is -0.120. The molecule has 2 N–H and O–H groups in total. The minimum Gasteiger partial charge on any atom is -0.497 e. The lowest BCUT2D eigenvalue weighted by atomic mass is 10.2. The maximum Gasteiger partial charge on any atom is 0.261 e. The molecule has 2 rings (SSSR count). The summed E-state index contributed by atoms with van der Waals surface area (Å²) in [6.07, 6.45) is 1.46. The summed E-state index contributed by atoms with van der Waals surface area (Å²) in [5, 5.41) is 8.16. The number of benzene rings is 1. The molecule has 2 amide bonds. The van der Waals surface area contributed by atoms with Gasteiger partial charge in [-0.25, -0.2) is 5.43 Å². The Morgan fingerprint density at radius 1 is 1.25 bits per heavy atom. The van der Waals surface area contributed by atoms with Crippen molar-refractivity contribution in [2.45, 2.75) is 0 Å². The Bertz CT molecular complexity index is 729. The number of carbonyl (C=O) groups is 2. The molecule has 24 heavy (non-hydrogen) atoms. The van der Waals surface area contributed by atoms with Gasteiger partial charge in [0.25, 0.3) is 11.8 Å². The summed E-state index contributed by atoms with van der Waals surface area (Å²) in [6, 6.07) is 8.68. The zero-order chi connectivity index (χ0) is 17.4. The fraction of sp³-hybridized carbons (Fsp3) is 0.188. The van der Waals surface area contributed by atoms with Gasteiger partial charge in [0.05, 0.1) is 31.9 Å². The number of carbonyl (C=O) groups excluding carboxylic acids is 2. The third-order valence-electron chi connectivity index (χ3n) is 2.99. The molecule has 0 radical (unpaired) electrons. The monoisotopic (exact) mass is 347 g/mol. The van der Waals surface area contributed by atoms with Crippen LogP contribution in [0.15, 0.2) is 40.8 Å². The Kier molecular flexibility index (Phi) is 6.32. The van der Waals surface area contributed by atoms with Crippen molar-refractivity contribution in [2.24, 2.45) is 5.10 Å². The SMILES string of the molecule is COc1ccc(/C=N/NC(=O)CNC(=O)c2cccs2)c(OC)c1. The van der Waals surface area contributed by atoms with Crippen LogP contribution in [0.3, 0.4) is 0 Å². The highest BCUT2D eigenvalue weighted by molar-refractivity contribution is 7.12.